The highest BCUT2D eigenvalue weighted by Gasteiger charge is 2.06. The van der Waals surface area contributed by atoms with E-state index >= 15 is 0 Å². The number of benzene rings is 2. The Labute approximate surface area is 153 Å². The van der Waals surface area contributed by atoms with Gasteiger partial charge in [-0.1, -0.05) is 25.1 Å². The lowest BCUT2D eigenvalue weighted by molar-refractivity contribution is 0.0955. The van der Waals surface area contributed by atoms with Gasteiger partial charge in [-0.15, -0.1) is 0 Å². The topological polar surface area (TPSA) is 55.6 Å². The maximum Gasteiger partial charge on any atom is 0.271 e. The minimum absolute atomic E-state index is 0.248. The van der Waals surface area contributed by atoms with E-state index in [9.17, 15) is 4.79 Å². The lowest BCUT2D eigenvalue weighted by Crippen LogP contribution is -2.17. The number of nitrogens with one attached hydrogen (secondary N) is 1. The minimum atomic E-state index is -0.248. The Morgan fingerprint density at radius 3 is 2.65 bits per heavy atom. The second-order valence-electron chi connectivity index (χ2n) is 5.96. The van der Waals surface area contributed by atoms with Crippen molar-refractivity contribution in [3.8, 4) is 5.75 Å². The molecule has 5 heteroatoms. The first-order chi connectivity index (χ1) is 12.7. The van der Waals surface area contributed by atoms with Crippen LogP contribution in [-0.4, -0.2) is 23.3 Å². The van der Waals surface area contributed by atoms with Crippen molar-refractivity contribution in [2.75, 3.05) is 6.61 Å². The van der Waals surface area contributed by atoms with Crippen LogP contribution in [0.2, 0.25) is 0 Å². The number of hydrogen-bond acceptors (Lipinski definition) is 3. The Morgan fingerprint density at radius 1 is 1.15 bits per heavy atom. The van der Waals surface area contributed by atoms with Gasteiger partial charge in [0.05, 0.1) is 12.8 Å². The Hall–Kier alpha value is -3.08. The second kappa shape index (κ2) is 8.34. The Balaban J connectivity index is 1.68. The van der Waals surface area contributed by atoms with Crippen molar-refractivity contribution < 1.29 is 9.53 Å². The Kier molecular flexibility index (Phi) is 5.69. The number of aromatic nitrogens is 1. The zero-order valence-corrected chi connectivity index (χ0v) is 15.1. The van der Waals surface area contributed by atoms with Crippen LogP contribution in [0.4, 0.5) is 0 Å². The molecule has 1 amide bonds. The van der Waals surface area contributed by atoms with Gasteiger partial charge in [-0.2, -0.15) is 5.10 Å². The summed E-state index contributed by atoms with van der Waals surface area (Å²) in [6.45, 7) is 5.70. The fourth-order valence-corrected chi connectivity index (χ4v) is 2.79. The fourth-order valence-electron chi connectivity index (χ4n) is 2.79. The number of carbonyl (C=O) groups is 1. The highest BCUT2D eigenvalue weighted by molar-refractivity contribution is 6.00. The van der Waals surface area contributed by atoms with Crippen LogP contribution in [0.25, 0.3) is 10.9 Å². The van der Waals surface area contributed by atoms with Crippen LogP contribution in [0.5, 0.6) is 5.75 Å². The summed E-state index contributed by atoms with van der Waals surface area (Å²) < 4.78 is 7.68. The first-order valence-electron chi connectivity index (χ1n) is 8.87. The third-order valence-corrected chi connectivity index (χ3v) is 4.12. The summed E-state index contributed by atoms with van der Waals surface area (Å²) in [6, 6.07) is 15.2. The lowest BCUT2D eigenvalue weighted by atomic mass is 10.2. The maximum absolute atomic E-state index is 12.2. The summed E-state index contributed by atoms with van der Waals surface area (Å²) in [6.07, 6.45) is 4.68. The molecule has 26 heavy (non-hydrogen) atoms. The average Bonchev–Trinajstić information content (AvgIpc) is 3.05. The first-order valence-corrected chi connectivity index (χ1v) is 8.87. The van der Waals surface area contributed by atoms with Gasteiger partial charge in [0.15, 0.2) is 0 Å². The van der Waals surface area contributed by atoms with E-state index in [2.05, 4.69) is 41.1 Å². The molecule has 0 atom stereocenters. The van der Waals surface area contributed by atoms with E-state index in [-0.39, 0.29) is 5.91 Å². The van der Waals surface area contributed by atoms with Crippen molar-refractivity contribution in [3.63, 3.8) is 0 Å². The molecule has 0 saturated heterocycles. The molecule has 0 radical (unpaired) electrons. The van der Waals surface area contributed by atoms with Crippen molar-refractivity contribution in [1.29, 1.82) is 0 Å². The largest absolute Gasteiger partial charge is 0.494 e. The zero-order valence-electron chi connectivity index (χ0n) is 15.1. The first kappa shape index (κ1) is 17.7. The van der Waals surface area contributed by atoms with Crippen LogP contribution >= 0.6 is 0 Å². The van der Waals surface area contributed by atoms with Gasteiger partial charge in [-0.3, -0.25) is 4.79 Å². The molecule has 5 nitrogen and oxygen atoms in total. The molecular formula is C21H23N3O2. The third kappa shape index (κ3) is 3.94. The van der Waals surface area contributed by atoms with Crippen molar-refractivity contribution >= 4 is 23.0 Å². The number of rotatable bonds is 7. The van der Waals surface area contributed by atoms with Gasteiger partial charge >= 0.3 is 0 Å². The van der Waals surface area contributed by atoms with Crippen LogP contribution in [0, 0.1) is 0 Å². The van der Waals surface area contributed by atoms with Gasteiger partial charge in [0, 0.05) is 34.8 Å². The predicted molar refractivity (Wildman–Crippen MR) is 105 cm³/mol. The summed E-state index contributed by atoms with van der Waals surface area (Å²) in [5.41, 5.74) is 5.26. The number of amides is 1. The third-order valence-electron chi connectivity index (χ3n) is 4.12. The van der Waals surface area contributed by atoms with Gasteiger partial charge in [-0.25, -0.2) is 5.43 Å². The fraction of sp³-hybridized carbons (Fsp3) is 0.238. The summed E-state index contributed by atoms with van der Waals surface area (Å²) in [4.78, 5) is 12.2. The molecule has 0 bridgehead atoms. The Bertz CT molecular complexity index is 911. The maximum atomic E-state index is 12.2. The van der Waals surface area contributed by atoms with Gasteiger partial charge in [0.25, 0.3) is 5.91 Å². The molecule has 0 aliphatic heterocycles. The Morgan fingerprint density at radius 2 is 1.92 bits per heavy atom. The summed E-state index contributed by atoms with van der Waals surface area (Å²) in [7, 11) is 0. The molecule has 0 spiro atoms. The predicted octanol–water partition coefficient (Wildman–Crippen LogP) is 4.21. The number of carbonyl (C=O) groups excluding carboxylic acids is 1. The molecule has 0 fully saturated rings. The van der Waals surface area contributed by atoms with Crippen LogP contribution in [0.1, 0.15) is 36.2 Å². The van der Waals surface area contributed by atoms with E-state index in [0.717, 1.165) is 35.2 Å². The molecule has 0 aliphatic carbocycles. The number of hydrogen-bond donors (Lipinski definition) is 1. The van der Waals surface area contributed by atoms with Crippen LogP contribution in [0.15, 0.2) is 59.8 Å². The molecule has 1 aromatic heterocycles. The zero-order chi connectivity index (χ0) is 18.4. The molecule has 1 N–H and O–H groups in total. The van der Waals surface area contributed by atoms with Crippen LogP contribution in [-0.2, 0) is 6.54 Å². The number of para-hydroxylation sites is 1. The van der Waals surface area contributed by atoms with Gasteiger partial charge in [0.1, 0.15) is 5.75 Å². The number of ether oxygens (including phenoxy) is 1. The van der Waals surface area contributed by atoms with E-state index in [0.29, 0.717) is 12.2 Å². The number of aryl methyl sites for hydroxylation is 1. The van der Waals surface area contributed by atoms with Gasteiger partial charge in [-0.05, 0) is 43.7 Å². The van der Waals surface area contributed by atoms with Crippen molar-refractivity contribution in [2.45, 2.75) is 26.8 Å². The number of nitrogens with zero attached hydrogens (tertiary/aromatic N) is 2. The molecule has 1 heterocycles. The van der Waals surface area contributed by atoms with Gasteiger partial charge in [0.2, 0.25) is 0 Å². The van der Waals surface area contributed by atoms with E-state index in [1.165, 1.54) is 0 Å². The molecule has 3 rings (SSSR count). The van der Waals surface area contributed by atoms with E-state index in [4.69, 9.17) is 4.74 Å². The summed E-state index contributed by atoms with van der Waals surface area (Å²) >= 11 is 0. The average molecular weight is 349 g/mol. The van der Waals surface area contributed by atoms with E-state index < -0.39 is 0 Å². The van der Waals surface area contributed by atoms with Gasteiger partial charge < -0.3 is 9.30 Å². The second-order valence-corrected chi connectivity index (χ2v) is 5.96. The quantitative estimate of drug-likeness (QED) is 0.513. The lowest BCUT2D eigenvalue weighted by Gasteiger charge is -2.05. The number of hydrazone groups is 1. The molecule has 0 aliphatic rings. The molecule has 3 aromatic rings. The van der Waals surface area contributed by atoms with Crippen molar-refractivity contribution in [3.05, 3.63) is 65.9 Å². The highest BCUT2D eigenvalue weighted by Crippen LogP contribution is 2.19. The number of fused-ring (bicyclic) bond motifs is 1. The molecule has 0 unspecified atom stereocenters. The summed E-state index contributed by atoms with van der Waals surface area (Å²) in [5.74, 6) is 0.516. The standard InChI is InChI=1S/C21H23N3O2/c1-3-13-26-18-11-9-16(10-12-18)21(25)23-22-14-17-15-24(4-2)20-8-6-5-7-19(17)20/h5-12,14-15H,3-4,13H2,1-2H3,(H,23,25)/b22-14-. The van der Waals surface area contributed by atoms with Crippen molar-refractivity contribution in [2.24, 2.45) is 5.10 Å². The summed E-state index contributed by atoms with van der Waals surface area (Å²) in [5, 5.41) is 5.23. The van der Waals surface area contributed by atoms with Crippen LogP contribution in [0.3, 0.4) is 0 Å². The minimum Gasteiger partial charge on any atom is -0.494 e. The van der Waals surface area contributed by atoms with Crippen molar-refractivity contribution in [1.82, 2.24) is 9.99 Å². The van der Waals surface area contributed by atoms with E-state index in [1.807, 2.05) is 18.3 Å². The molecular weight excluding hydrogens is 326 g/mol. The van der Waals surface area contributed by atoms with E-state index in [1.54, 1.807) is 30.5 Å². The SMILES string of the molecule is CCCOc1ccc(C(=O)N/N=C\c2cn(CC)c3ccccc23)cc1. The molecule has 0 saturated carbocycles. The molecule has 2 aromatic carbocycles. The van der Waals surface area contributed by atoms with Crippen LogP contribution < -0.4 is 10.2 Å². The molecule has 134 valence electrons. The smallest absolute Gasteiger partial charge is 0.271 e. The normalized spacial score (nSPS) is 11.2. The monoisotopic (exact) mass is 349 g/mol. The highest BCUT2D eigenvalue weighted by atomic mass is 16.5.